The molecular weight excluding hydrogens is 335 g/mol. The lowest BCUT2D eigenvalue weighted by Crippen LogP contribution is -2.42. The van der Waals surface area contributed by atoms with Gasteiger partial charge in [0, 0.05) is 19.1 Å². The number of hydrogen-bond donors (Lipinski definition) is 1. The third-order valence-electron chi connectivity index (χ3n) is 3.58. The Kier molecular flexibility index (Phi) is 3.90. The summed E-state index contributed by atoms with van der Waals surface area (Å²) in [5, 5.41) is 0.190. The number of nitrogens with zero attached hydrogens (tertiary/aromatic N) is 1. The number of hydrogen-bond acceptors (Lipinski definition) is 3. The molecule has 8 heteroatoms. The summed E-state index contributed by atoms with van der Waals surface area (Å²) in [7, 11) is -3.73. The van der Waals surface area contributed by atoms with Crippen molar-refractivity contribution < 1.29 is 13.2 Å². The topological polar surface area (TPSA) is 66.5 Å². The minimum atomic E-state index is -3.73. The second-order valence-corrected chi connectivity index (χ2v) is 7.80. The van der Waals surface area contributed by atoms with Crippen LogP contribution in [0, 0.1) is 0 Å². The molecule has 1 aliphatic heterocycles. The predicted octanol–water partition coefficient (Wildman–Crippen LogP) is 2.28. The number of likely N-dealkylation sites (tertiary alicyclic amines) is 1. The predicted molar refractivity (Wildman–Crippen MR) is 80.3 cm³/mol. The van der Waals surface area contributed by atoms with Crippen molar-refractivity contribution >= 4 is 39.1 Å². The maximum Gasteiger partial charge on any atom is 0.255 e. The van der Waals surface area contributed by atoms with Gasteiger partial charge in [0.05, 0.1) is 15.6 Å². The molecule has 1 aliphatic carbocycles. The summed E-state index contributed by atoms with van der Waals surface area (Å²) in [6.07, 6.45) is 2.60. The molecule has 1 N–H and O–H groups in total. The largest absolute Gasteiger partial charge is 0.338 e. The maximum atomic E-state index is 12.3. The fourth-order valence-corrected chi connectivity index (χ4v) is 4.23. The van der Waals surface area contributed by atoms with Gasteiger partial charge in [-0.25, -0.2) is 13.1 Å². The van der Waals surface area contributed by atoms with Crippen LogP contribution < -0.4 is 4.72 Å². The van der Waals surface area contributed by atoms with E-state index in [1.54, 1.807) is 4.90 Å². The molecule has 1 amide bonds. The van der Waals surface area contributed by atoms with E-state index < -0.39 is 10.0 Å². The standard InChI is InChI=1S/C13H14Cl2N2O3S/c14-10-7-11(15)12(21(19,20)16-8-2-3-8)6-9(10)13(18)17-4-1-5-17/h6-8,16H,1-5H2. The molecule has 2 aliphatic rings. The Morgan fingerprint density at radius 1 is 1.19 bits per heavy atom. The first-order valence-corrected chi connectivity index (χ1v) is 8.93. The second kappa shape index (κ2) is 5.43. The lowest BCUT2D eigenvalue weighted by Gasteiger charge is -2.31. The Balaban J connectivity index is 1.98. The van der Waals surface area contributed by atoms with Crippen molar-refractivity contribution in [2.24, 2.45) is 0 Å². The van der Waals surface area contributed by atoms with Crippen LogP contribution in [0.4, 0.5) is 0 Å². The zero-order chi connectivity index (χ0) is 15.2. The van der Waals surface area contributed by atoms with Crippen LogP contribution in [-0.2, 0) is 10.0 Å². The summed E-state index contributed by atoms with van der Waals surface area (Å²) in [4.78, 5) is 13.8. The molecular formula is C13H14Cl2N2O3S. The molecule has 1 saturated carbocycles. The van der Waals surface area contributed by atoms with Crippen molar-refractivity contribution in [1.29, 1.82) is 0 Å². The molecule has 0 spiro atoms. The highest BCUT2D eigenvalue weighted by Gasteiger charge is 2.31. The SMILES string of the molecule is O=C(c1cc(S(=O)(=O)NC2CC2)c(Cl)cc1Cl)N1CCC1. The van der Waals surface area contributed by atoms with Crippen LogP contribution in [-0.4, -0.2) is 38.4 Å². The molecule has 0 aromatic heterocycles. The summed E-state index contributed by atoms with van der Waals surface area (Å²) < 4.78 is 27.1. The van der Waals surface area contributed by atoms with Crippen LogP contribution in [0.25, 0.3) is 0 Å². The molecule has 2 fully saturated rings. The van der Waals surface area contributed by atoms with Gasteiger partial charge in [0.25, 0.3) is 5.91 Å². The molecule has 1 saturated heterocycles. The molecule has 0 atom stereocenters. The van der Waals surface area contributed by atoms with E-state index >= 15 is 0 Å². The van der Waals surface area contributed by atoms with Crippen LogP contribution in [0.5, 0.6) is 0 Å². The van der Waals surface area contributed by atoms with Crippen molar-refractivity contribution in [3.63, 3.8) is 0 Å². The van der Waals surface area contributed by atoms with E-state index in [1.807, 2.05) is 0 Å². The fourth-order valence-electron chi connectivity index (χ4n) is 2.07. The van der Waals surface area contributed by atoms with Crippen molar-refractivity contribution in [3.8, 4) is 0 Å². The molecule has 21 heavy (non-hydrogen) atoms. The van der Waals surface area contributed by atoms with Crippen LogP contribution in [0.3, 0.4) is 0 Å². The number of benzene rings is 1. The van der Waals surface area contributed by atoms with Crippen LogP contribution in [0.2, 0.25) is 10.0 Å². The molecule has 0 bridgehead atoms. The Bertz CT molecular complexity index is 698. The van der Waals surface area contributed by atoms with Gasteiger partial charge in [0.2, 0.25) is 10.0 Å². The monoisotopic (exact) mass is 348 g/mol. The van der Waals surface area contributed by atoms with Crippen LogP contribution in [0.15, 0.2) is 17.0 Å². The van der Waals surface area contributed by atoms with Gasteiger partial charge in [0.15, 0.2) is 0 Å². The third kappa shape index (κ3) is 3.04. The molecule has 5 nitrogen and oxygen atoms in total. The smallest absolute Gasteiger partial charge is 0.255 e. The molecule has 0 radical (unpaired) electrons. The van der Waals surface area contributed by atoms with E-state index in [1.165, 1.54) is 12.1 Å². The Labute approximate surface area is 133 Å². The number of halogens is 2. The zero-order valence-corrected chi connectivity index (χ0v) is 13.4. The van der Waals surface area contributed by atoms with E-state index in [0.717, 1.165) is 19.3 Å². The summed E-state index contributed by atoms with van der Waals surface area (Å²) in [5.41, 5.74) is 0.178. The highest BCUT2D eigenvalue weighted by molar-refractivity contribution is 7.89. The van der Waals surface area contributed by atoms with Gasteiger partial charge in [-0.2, -0.15) is 0 Å². The van der Waals surface area contributed by atoms with Gasteiger partial charge in [-0.3, -0.25) is 4.79 Å². The van der Waals surface area contributed by atoms with E-state index in [2.05, 4.69) is 4.72 Å². The molecule has 1 heterocycles. The number of rotatable bonds is 4. The fraction of sp³-hybridized carbons (Fsp3) is 0.462. The average molecular weight is 349 g/mol. The van der Waals surface area contributed by atoms with Gasteiger partial charge < -0.3 is 4.90 Å². The summed E-state index contributed by atoms with van der Waals surface area (Å²) in [6, 6.07) is 2.56. The van der Waals surface area contributed by atoms with E-state index in [0.29, 0.717) is 13.1 Å². The quantitative estimate of drug-likeness (QED) is 0.907. The number of amides is 1. The van der Waals surface area contributed by atoms with E-state index in [9.17, 15) is 13.2 Å². The van der Waals surface area contributed by atoms with Crippen LogP contribution >= 0.6 is 23.2 Å². The minimum Gasteiger partial charge on any atom is -0.338 e. The average Bonchev–Trinajstić information content (AvgIpc) is 3.09. The highest BCUT2D eigenvalue weighted by atomic mass is 35.5. The lowest BCUT2D eigenvalue weighted by atomic mass is 10.1. The van der Waals surface area contributed by atoms with Gasteiger partial charge in [0.1, 0.15) is 4.90 Å². The summed E-state index contributed by atoms with van der Waals surface area (Å²) in [5.74, 6) is -0.259. The number of nitrogens with one attached hydrogen (secondary N) is 1. The second-order valence-electron chi connectivity index (χ2n) is 5.30. The molecule has 114 valence electrons. The summed E-state index contributed by atoms with van der Waals surface area (Å²) >= 11 is 12.0. The number of sulfonamides is 1. The maximum absolute atomic E-state index is 12.3. The third-order valence-corrected chi connectivity index (χ3v) is 5.88. The molecule has 0 unspecified atom stereocenters. The van der Waals surface area contributed by atoms with Gasteiger partial charge in [-0.05, 0) is 31.4 Å². The van der Waals surface area contributed by atoms with E-state index in [-0.39, 0.29) is 32.5 Å². The van der Waals surface area contributed by atoms with Gasteiger partial charge in [-0.1, -0.05) is 23.2 Å². The highest BCUT2D eigenvalue weighted by Crippen LogP contribution is 2.31. The molecule has 1 aromatic rings. The molecule has 3 rings (SSSR count). The first-order valence-electron chi connectivity index (χ1n) is 6.69. The number of carbonyl (C=O) groups is 1. The Morgan fingerprint density at radius 2 is 1.86 bits per heavy atom. The van der Waals surface area contributed by atoms with Crippen molar-refractivity contribution in [1.82, 2.24) is 9.62 Å². The normalized spacial score (nSPS) is 18.5. The van der Waals surface area contributed by atoms with Crippen molar-refractivity contribution in [3.05, 3.63) is 27.7 Å². The van der Waals surface area contributed by atoms with Gasteiger partial charge >= 0.3 is 0 Å². The lowest BCUT2D eigenvalue weighted by molar-refractivity contribution is 0.0652. The molecule has 1 aromatic carbocycles. The Hall–Kier alpha value is -0.820. The minimum absolute atomic E-state index is 0.0216. The van der Waals surface area contributed by atoms with Gasteiger partial charge in [-0.15, -0.1) is 0 Å². The van der Waals surface area contributed by atoms with E-state index in [4.69, 9.17) is 23.2 Å². The summed E-state index contributed by atoms with van der Waals surface area (Å²) in [6.45, 7) is 1.33. The van der Waals surface area contributed by atoms with Crippen molar-refractivity contribution in [2.75, 3.05) is 13.1 Å². The number of carbonyl (C=O) groups excluding carboxylic acids is 1. The van der Waals surface area contributed by atoms with Crippen molar-refractivity contribution in [2.45, 2.75) is 30.2 Å². The zero-order valence-electron chi connectivity index (χ0n) is 11.1. The van der Waals surface area contributed by atoms with Crippen LogP contribution in [0.1, 0.15) is 29.6 Å². The first-order chi connectivity index (χ1) is 9.88. The first kappa shape index (κ1) is 15.1. The Morgan fingerprint density at radius 3 is 2.38 bits per heavy atom.